The Labute approximate surface area is 187 Å². The zero-order chi connectivity index (χ0) is 21.4. The third-order valence-electron chi connectivity index (χ3n) is 5.10. The fraction of sp³-hybridized carbons (Fsp3) is 0.217. The van der Waals surface area contributed by atoms with E-state index in [1.54, 1.807) is 27.7 Å². The number of fused-ring (bicyclic) bond motifs is 3. The van der Waals surface area contributed by atoms with Crippen LogP contribution in [0, 0.1) is 6.92 Å². The molecule has 0 saturated heterocycles. The van der Waals surface area contributed by atoms with E-state index in [-0.39, 0.29) is 5.56 Å². The summed E-state index contributed by atoms with van der Waals surface area (Å²) in [4.78, 5) is 18.1. The first-order valence-corrected chi connectivity index (χ1v) is 12.0. The zero-order valence-electron chi connectivity index (χ0n) is 17.3. The molecular formula is C23H21N5OS2. The first kappa shape index (κ1) is 20.0. The molecule has 0 fully saturated rings. The minimum absolute atomic E-state index is 0.0976. The maximum Gasteiger partial charge on any atom is 0.267 e. The highest BCUT2D eigenvalue weighted by atomic mass is 32.2. The average molecular weight is 448 g/mol. The van der Waals surface area contributed by atoms with Crippen LogP contribution in [0.3, 0.4) is 0 Å². The van der Waals surface area contributed by atoms with Gasteiger partial charge in [0.1, 0.15) is 0 Å². The Bertz CT molecular complexity index is 1430. The molecule has 0 bridgehead atoms. The van der Waals surface area contributed by atoms with E-state index in [2.05, 4.69) is 22.5 Å². The predicted octanol–water partition coefficient (Wildman–Crippen LogP) is 5.04. The quantitative estimate of drug-likeness (QED) is 0.341. The molecule has 0 amide bonds. The molecule has 0 radical (unpaired) electrons. The summed E-state index contributed by atoms with van der Waals surface area (Å²) < 4.78 is 3.61. The van der Waals surface area contributed by atoms with Gasteiger partial charge in [0.25, 0.3) is 5.56 Å². The average Bonchev–Trinajstić information content (AvgIpc) is 3.41. The second kappa shape index (κ2) is 8.28. The monoisotopic (exact) mass is 447 g/mol. The summed E-state index contributed by atoms with van der Waals surface area (Å²) in [6, 6.07) is 15.5. The van der Waals surface area contributed by atoms with E-state index in [0.717, 1.165) is 40.5 Å². The largest absolute Gasteiger partial charge is 0.268 e. The van der Waals surface area contributed by atoms with Gasteiger partial charge in [0, 0.05) is 11.1 Å². The number of benzene rings is 2. The number of hydrogen-bond acceptors (Lipinski definition) is 6. The normalized spacial score (nSPS) is 11.5. The smallest absolute Gasteiger partial charge is 0.267 e. The molecule has 156 valence electrons. The summed E-state index contributed by atoms with van der Waals surface area (Å²) >= 11 is 3.29. The van der Waals surface area contributed by atoms with Gasteiger partial charge < -0.3 is 0 Å². The fourth-order valence-corrected chi connectivity index (χ4v) is 5.42. The van der Waals surface area contributed by atoms with Crippen LogP contribution in [0.15, 0.2) is 63.9 Å². The van der Waals surface area contributed by atoms with Crippen molar-refractivity contribution in [2.75, 3.05) is 0 Å². The topological polar surface area (TPSA) is 65.1 Å². The molecule has 6 nitrogen and oxygen atoms in total. The summed E-state index contributed by atoms with van der Waals surface area (Å²) in [5, 5.41) is 13.5. The molecule has 5 rings (SSSR count). The van der Waals surface area contributed by atoms with Gasteiger partial charge >= 0.3 is 0 Å². The van der Waals surface area contributed by atoms with Gasteiger partial charge in [-0.05, 0) is 44.0 Å². The standard InChI is InChI=1S/C23H21N5OS2/c1-3-6-20-24-16(13-30-20)14-31-23-26-25-22-27(17-11-9-15(2)10-12-17)21(29)18-7-4-5-8-19(18)28(22)23/h4-5,7-13H,3,6,14H2,1-2H3. The van der Waals surface area contributed by atoms with Gasteiger partial charge in [0.15, 0.2) is 5.16 Å². The van der Waals surface area contributed by atoms with Gasteiger partial charge in [0.05, 0.1) is 27.3 Å². The highest BCUT2D eigenvalue weighted by molar-refractivity contribution is 7.98. The lowest BCUT2D eigenvalue weighted by molar-refractivity contribution is 0.900. The summed E-state index contributed by atoms with van der Waals surface area (Å²) in [7, 11) is 0. The van der Waals surface area contributed by atoms with Crippen molar-refractivity contribution in [1.29, 1.82) is 0 Å². The lowest BCUT2D eigenvalue weighted by Gasteiger charge is -2.11. The van der Waals surface area contributed by atoms with Crippen molar-refractivity contribution in [2.45, 2.75) is 37.6 Å². The highest BCUT2D eigenvalue weighted by Crippen LogP contribution is 2.26. The Hall–Kier alpha value is -2.97. The van der Waals surface area contributed by atoms with Crippen LogP contribution >= 0.6 is 23.1 Å². The third kappa shape index (κ3) is 3.66. The van der Waals surface area contributed by atoms with Crippen LogP contribution in [0.2, 0.25) is 0 Å². The molecule has 8 heteroatoms. The third-order valence-corrected chi connectivity index (χ3v) is 7.02. The molecule has 0 spiro atoms. The van der Waals surface area contributed by atoms with E-state index in [4.69, 9.17) is 4.98 Å². The van der Waals surface area contributed by atoms with Crippen LogP contribution in [0.1, 0.15) is 29.6 Å². The molecular weight excluding hydrogens is 426 g/mol. The van der Waals surface area contributed by atoms with Crippen LogP contribution in [0.25, 0.3) is 22.4 Å². The van der Waals surface area contributed by atoms with Crippen molar-refractivity contribution < 1.29 is 0 Å². The van der Waals surface area contributed by atoms with Crippen LogP contribution in [0.4, 0.5) is 0 Å². The molecule has 0 saturated carbocycles. The lowest BCUT2D eigenvalue weighted by atomic mass is 10.2. The Morgan fingerprint density at radius 1 is 1.06 bits per heavy atom. The van der Waals surface area contributed by atoms with E-state index >= 15 is 0 Å². The Balaban J connectivity index is 1.63. The molecule has 3 heterocycles. The van der Waals surface area contributed by atoms with Crippen LogP contribution in [-0.2, 0) is 12.2 Å². The minimum Gasteiger partial charge on any atom is -0.268 e. The SMILES string of the molecule is CCCc1nc(CSc2nnc3n(-c4ccc(C)cc4)c(=O)c4ccccc4n23)cs1. The summed E-state index contributed by atoms with van der Waals surface area (Å²) in [6.45, 7) is 4.19. The maximum atomic E-state index is 13.3. The van der Waals surface area contributed by atoms with Crippen molar-refractivity contribution >= 4 is 39.8 Å². The predicted molar refractivity (Wildman–Crippen MR) is 126 cm³/mol. The first-order chi connectivity index (χ1) is 15.2. The van der Waals surface area contributed by atoms with E-state index in [1.807, 2.05) is 59.9 Å². The molecule has 31 heavy (non-hydrogen) atoms. The van der Waals surface area contributed by atoms with Crippen LogP contribution in [-0.4, -0.2) is 24.1 Å². The van der Waals surface area contributed by atoms with Gasteiger partial charge in [-0.15, -0.1) is 21.5 Å². The van der Waals surface area contributed by atoms with Gasteiger partial charge in [-0.25, -0.2) is 9.55 Å². The highest BCUT2D eigenvalue weighted by Gasteiger charge is 2.18. The van der Waals surface area contributed by atoms with E-state index in [1.165, 1.54) is 5.01 Å². The molecule has 2 aromatic carbocycles. The molecule has 0 aliphatic heterocycles. The van der Waals surface area contributed by atoms with Crippen molar-refractivity contribution in [3.8, 4) is 5.69 Å². The summed E-state index contributed by atoms with van der Waals surface area (Å²) in [6.07, 6.45) is 2.11. The number of hydrogen-bond donors (Lipinski definition) is 0. The van der Waals surface area contributed by atoms with Gasteiger partial charge in [-0.3, -0.25) is 9.20 Å². The number of aryl methyl sites for hydroxylation is 2. The van der Waals surface area contributed by atoms with Crippen molar-refractivity contribution in [3.63, 3.8) is 0 Å². The van der Waals surface area contributed by atoms with E-state index < -0.39 is 0 Å². The number of thioether (sulfide) groups is 1. The minimum atomic E-state index is -0.0976. The van der Waals surface area contributed by atoms with Crippen LogP contribution in [0.5, 0.6) is 0 Å². The van der Waals surface area contributed by atoms with Gasteiger partial charge in [-0.1, -0.05) is 48.5 Å². The maximum absolute atomic E-state index is 13.3. The van der Waals surface area contributed by atoms with Crippen molar-refractivity contribution in [1.82, 2.24) is 24.1 Å². The number of thiazole rings is 1. The lowest BCUT2D eigenvalue weighted by Crippen LogP contribution is -2.21. The van der Waals surface area contributed by atoms with E-state index in [9.17, 15) is 4.79 Å². The van der Waals surface area contributed by atoms with Gasteiger partial charge in [-0.2, -0.15) is 0 Å². The second-order valence-electron chi connectivity index (χ2n) is 7.38. The molecule has 0 atom stereocenters. The van der Waals surface area contributed by atoms with Crippen molar-refractivity contribution in [2.24, 2.45) is 0 Å². The van der Waals surface area contributed by atoms with E-state index in [0.29, 0.717) is 16.9 Å². The Morgan fingerprint density at radius 2 is 1.87 bits per heavy atom. The molecule has 3 aromatic heterocycles. The number of nitrogens with zero attached hydrogens (tertiary/aromatic N) is 5. The molecule has 5 aromatic rings. The summed E-state index contributed by atoms with van der Waals surface area (Å²) in [5.74, 6) is 1.22. The Kier molecular flexibility index (Phi) is 5.33. The molecule has 0 unspecified atom stereocenters. The first-order valence-electron chi connectivity index (χ1n) is 10.2. The number of rotatable bonds is 6. The summed E-state index contributed by atoms with van der Waals surface area (Å²) in [5.41, 5.74) is 3.67. The number of para-hydroxylation sites is 1. The zero-order valence-corrected chi connectivity index (χ0v) is 18.9. The fourth-order valence-electron chi connectivity index (χ4n) is 3.58. The molecule has 0 N–H and O–H groups in total. The molecule has 0 aliphatic carbocycles. The van der Waals surface area contributed by atoms with Crippen LogP contribution < -0.4 is 5.56 Å². The number of aromatic nitrogens is 5. The molecule has 0 aliphatic rings. The van der Waals surface area contributed by atoms with Gasteiger partial charge in [0.2, 0.25) is 5.78 Å². The second-order valence-corrected chi connectivity index (χ2v) is 9.27. The van der Waals surface area contributed by atoms with Crippen molar-refractivity contribution in [3.05, 3.63) is 80.5 Å². The Morgan fingerprint density at radius 3 is 2.68 bits per heavy atom.